The Balaban J connectivity index is 1.64. The van der Waals surface area contributed by atoms with E-state index in [9.17, 15) is 9.18 Å². The number of piperidine rings is 1. The van der Waals surface area contributed by atoms with Gasteiger partial charge in [0, 0.05) is 18.2 Å². The largest absolute Gasteiger partial charge is 0.351 e. The molecule has 108 valence electrons. The molecular weight excluding hydrogens is 279 g/mol. The fraction of sp³-hybridized carbons (Fsp3) is 0.533. The highest BCUT2D eigenvalue weighted by Crippen LogP contribution is 2.41. The minimum atomic E-state index is -0.448. The van der Waals surface area contributed by atoms with Crippen LogP contribution in [0.4, 0.5) is 4.39 Å². The van der Waals surface area contributed by atoms with E-state index < -0.39 is 5.82 Å². The Morgan fingerprint density at radius 2 is 2.30 bits per heavy atom. The Labute approximate surface area is 123 Å². The summed E-state index contributed by atoms with van der Waals surface area (Å²) in [7, 11) is 2.01. The van der Waals surface area contributed by atoms with Crippen LogP contribution in [-0.4, -0.2) is 29.9 Å². The summed E-state index contributed by atoms with van der Waals surface area (Å²) in [5, 5.41) is 2.94. The van der Waals surface area contributed by atoms with Crippen molar-refractivity contribution in [1.82, 2.24) is 10.2 Å². The third kappa shape index (κ3) is 2.31. The summed E-state index contributed by atoms with van der Waals surface area (Å²) in [5.74, 6) is 0.00375. The van der Waals surface area contributed by atoms with E-state index in [1.54, 1.807) is 12.1 Å². The number of hydrogen-bond donors (Lipinski definition) is 1. The number of carbonyl (C=O) groups is 1. The van der Waals surface area contributed by atoms with Crippen molar-refractivity contribution < 1.29 is 9.18 Å². The molecule has 0 spiro atoms. The summed E-state index contributed by atoms with van der Waals surface area (Å²) in [6, 6.07) is 5.32. The number of rotatable bonds is 3. The number of likely N-dealkylation sites (tertiary alicyclic amines) is 1. The molecule has 1 aromatic carbocycles. The first-order valence-corrected chi connectivity index (χ1v) is 7.38. The molecule has 1 saturated heterocycles. The fourth-order valence-electron chi connectivity index (χ4n) is 3.58. The van der Waals surface area contributed by atoms with Gasteiger partial charge in [0.15, 0.2) is 0 Å². The number of carbonyl (C=O) groups excluding carboxylic acids is 1. The monoisotopic (exact) mass is 296 g/mol. The van der Waals surface area contributed by atoms with Crippen LogP contribution in [0, 0.1) is 11.7 Å². The van der Waals surface area contributed by atoms with Crippen molar-refractivity contribution in [3.8, 4) is 0 Å². The van der Waals surface area contributed by atoms with Gasteiger partial charge in [-0.1, -0.05) is 23.7 Å². The predicted molar refractivity (Wildman–Crippen MR) is 75.9 cm³/mol. The van der Waals surface area contributed by atoms with Crippen LogP contribution in [0.25, 0.3) is 0 Å². The molecule has 0 aromatic heterocycles. The molecule has 5 heteroatoms. The molecule has 1 aromatic rings. The van der Waals surface area contributed by atoms with Crippen LogP contribution in [-0.2, 0) is 11.3 Å². The van der Waals surface area contributed by atoms with Gasteiger partial charge >= 0.3 is 0 Å². The lowest BCUT2D eigenvalue weighted by Gasteiger charge is -2.30. The van der Waals surface area contributed by atoms with Crippen LogP contribution < -0.4 is 5.32 Å². The van der Waals surface area contributed by atoms with Crippen molar-refractivity contribution in [1.29, 1.82) is 0 Å². The maximum absolute atomic E-state index is 13.8. The molecule has 1 heterocycles. The highest BCUT2D eigenvalue weighted by Gasteiger charge is 2.47. The molecule has 3 atom stereocenters. The van der Waals surface area contributed by atoms with Crippen molar-refractivity contribution in [2.75, 3.05) is 7.05 Å². The first-order chi connectivity index (χ1) is 9.58. The van der Waals surface area contributed by atoms with E-state index in [0.717, 1.165) is 12.8 Å². The van der Waals surface area contributed by atoms with E-state index in [0.29, 0.717) is 17.5 Å². The lowest BCUT2D eigenvalue weighted by atomic mass is 9.98. The zero-order valence-corrected chi connectivity index (χ0v) is 12.2. The molecule has 3 rings (SSSR count). The minimum Gasteiger partial charge on any atom is -0.351 e. The molecule has 1 aliphatic heterocycles. The molecule has 2 bridgehead atoms. The van der Waals surface area contributed by atoms with Crippen LogP contribution in [0.1, 0.15) is 24.8 Å². The van der Waals surface area contributed by atoms with E-state index in [1.807, 2.05) is 7.05 Å². The number of nitrogens with zero attached hydrogens (tertiary/aromatic N) is 1. The molecule has 3 unspecified atom stereocenters. The molecule has 1 saturated carbocycles. The van der Waals surface area contributed by atoms with Gasteiger partial charge in [-0.25, -0.2) is 4.39 Å². The van der Waals surface area contributed by atoms with E-state index in [1.165, 1.54) is 12.5 Å². The van der Waals surface area contributed by atoms with Gasteiger partial charge < -0.3 is 5.32 Å². The Hall–Kier alpha value is -1.13. The van der Waals surface area contributed by atoms with E-state index in [-0.39, 0.29) is 23.5 Å². The summed E-state index contributed by atoms with van der Waals surface area (Å²) < 4.78 is 13.8. The second-order valence-electron chi connectivity index (χ2n) is 5.77. The molecular formula is C15H18ClFN2O. The SMILES string of the molecule is CN1C2CCC(C2)C1C(=O)NCc1cccc(Cl)c1F. The van der Waals surface area contributed by atoms with Gasteiger partial charge in [0.05, 0.1) is 11.1 Å². The van der Waals surface area contributed by atoms with Crippen molar-refractivity contribution in [3.05, 3.63) is 34.6 Å². The van der Waals surface area contributed by atoms with Crippen molar-refractivity contribution >= 4 is 17.5 Å². The second kappa shape index (κ2) is 5.34. The highest BCUT2D eigenvalue weighted by atomic mass is 35.5. The van der Waals surface area contributed by atoms with Crippen molar-refractivity contribution in [3.63, 3.8) is 0 Å². The minimum absolute atomic E-state index is 0.000856. The standard InChI is InChI=1S/C15H18ClFN2O/c1-19-11-6-5-9(7-11)14(19)15(20)18-8-10-3-2-4-12(16)13(10)17/h2-4,9,11,14H,5-8H2,1H3,(H,18,20). The smallest absolute Gasteiger partial charge is 0.237 e. The van der Waals surface area contributed by atoms with E-state index in [4.69, 9.17) is 11.6 Å². The van der Waals surface area contributed by atoms with Crippen LogP contribution in [0.2, 0.25) is 5.02 Å². The van der Waals surface area contributed by atoms with Gasteiger partial charge in [-0.2, -0.15) is 0 Å². The van der Waals surface area contributed by atoms with Crippen molar-refractivity contribution in [2.45, 2.75) is 37.9 Å². The molecule has 2 fully saturated rings. The van der Waals surface area contributed by atoms with Crippen molar-refractivity contribution in [2.24, 2.45) is 5.92 Å². The number of halogens is 2. The fourth-order valence-corrected chi connectivity index (χ4v) is 3.77. The van der Waals surface area contributed by atoms with Gasteiger partial charge in [0.2, 0.25) is 5.91 Å². The zero-order valence-electron chi connectivity index (χ0n) is 11.4. The average Bonchev–Trinajstić information content (AvgIpc) is 3.01. The van der Waals surface area contributed by atoms with Crippen LogP contribution >= 0.6 is 11.6 Å². The molecule has 2 aliphatic rings. The summed E-state index contributed by atoms with van der Waals surface area (Å²) in [6.45, 7) is 0.187. The summed E-state index contributed by atoms with van der Waals surface area (Å²) in [5.41, 5.74) is 0.427. The lowest BCUT2D eigenvalue weighted by molar-refractivity contribution is -0.127. The number of likely N-dealkylation sites (N-methyl/N-ethyl adjacent to an activating group) is 1. The third-order valence-corrected chi connectivity index (χ3v) is 4.95. The highest BCUT2D eigenvalue weighted by molar-refractivity contribution is 6.30. The number of nitrogens with one attached hydrogen (secondary N) is 1. The summed E-state index contributed by atoms with van der Waals surface area (Å²) >= 11 is 5.73. The topological polar surface area (TPSA) is 32.3 Å². The first kappa shape index (κ1) is 13.8. The van der Waals surface area contributed by atoms with E-state index >= 15 is 0 Å². The Bertz CT molecular complexity index is 535. The maximum Gasteiger partial charge on any atom is 0.237 e. The first-order valence-electron chi connectivity index (χ1n) is 7.00. The Morgan fingerprint density at radius 1 is 1.50 bits per heavy atom. The zero-order chi connectivity index (χ0) is 14.3. The number of fused-ring (bicyclic) bond motifs is 2. The van der Waals surface area contributed by atoms with Gasteiger partial charge in [-0.05, 0) is 38.3 Å². The normalized spacial score (nSPS) is 28.9. The Morgan fingerprint density at radius 3 is 3.00 bits per heavy atom. The van der Waals surface area contributed by atoms with E-state index in [2.05, 4.69) is 10.2 Å². The van der Waals surface area contributed by atoms with Crippen LogP contribution in [0.5, 0.6) is 0 Å². The molecule has 1 aliphatic carbocycles. The predicted octanol–water partition coefficient (Wildman–Crippen LogP) is 2.58. The second-order valence-corrected chi connectivity index (χ2v) is 6.18. The molecule has 1 amide bonds. The summed E-state index contributed by atoms with van der Waals surface area (Å²) in [6.07, 6.45) is 3.42. The van der Waals surface area contributed by atoms with Gasteiger partial charge in [-0.15, -0.1) is 0 Å². The van der Waals surface area contributed by atoms with Gasteiger partial charge in [-0.3, -0.25) is 9.69 Å². The number of hydrogen-bond acceptors (Lipinski definition) is 2. The van der Waals surface area contributed by atoms with Crippen LogP contribution in [0.15, 0.2) is 18.2 Å². The molecule has 1 N–H and O–H groups in total. The Kier molecular flexibility index (Phi) is 3.69. The van der Waals surface area contributed by atoms with Gasteiger partial charge in [0.25, 0.3) is 0 Å². The number of amides is 1. The van der Waals surface area contributed by atoms with Crippen LogP contribution in [0.3, 0.4) is 0 Å². The lowest BCUT2D eigenvalue weighted by Crippen LogP contribution is -2.48. The maximum atomic E-state index is 13.8. The number of benzene rings is 1. The molecule has 20 heavy (non-hydrogen) atoms. The van der Waals surface area contributed by atoms with Gasteiger partial charge in [0.1, 0.15) is 5.82 Å². The average molecular weight is 297 g/mol. The quantitative estimate of drug-likeness (QED) is 0.930. The summed E-state index contributed by atoms with van der Waals surface area (Å²) in [4.78, 5) is 14.5. The third-order valence-electron chi connectivity index (χ3n) is 4.66. The molecule has 0 radical (unpaired) electrons. The molecule has 3 nitrogen and oxygen atoms in total.